The number of rotatable bonds is 2. The Morgan fingerprint density at radius 3 is 2.69 bits per heavy atom. The third-order valence-corrected chi connectivity index (χ3v) is 3.60. The van der Waals surface area contributed by atoms with Crippen LogP contribution in [0.25, 0.3) is 0 Å². The molecule has 0 unspecified atom stereocenters. The van der Waals surface area contributed by atoms with Gasteiger partial charge in [0.05, 0.1) is 9.92 Å². The second-order valence-electron chi connectivity index (χ2n) is 3.41. The summed E-state index contributed by atoms with van der Waals surface area (Å²) in [6.45, 7) is 1.20. The van der Waals surface area contributed by atoms with Gasteiger partial charge in [0.2, 0.25) is 0 Å². The van der Waals surface area contributed by atoms with Crippen LogP contribution >= 0.6 is 23.4 Å². The van der Waals surface area contributed by atoms with Crippen molar-refractivity contribution in [1.29, 1.82) is 0 Å². The molecule has 0 amide bonds. The van der Waals surface area contributed by atoms with E-state index in [0.717, 1.165) is 6.42 Å². The van der Waals surface area contributed by atoms with Crippen LogP contribution in [-0.2, 0) is 9.31 Å². The van der Waals surface area contributed by atoms with Crippen LogP contribution in [0.4, 0.5) is 4.39 Å². The Kier molecular flexibility index (Phi) is 4.13. The highest BCUT2D eigenvalue weighted by Crippen LogP contribution is 2.27. The minimum absolute atomic E-state index is 0.341. The SMILES string of the molecule is CSc1c(Cl)ccc(B2OCCCO2)c1F. The van der Waals surface area contributed by atoms with Gasteiger partial charge in [0.15, 0.2) is 0 Å². The van der Waals surface area contributed by atoms with Gasteiger partial charge in [-0.05, 0) is 18.7 Å². The summed E-state index contributed by atoms with van der Waals surface area (Å²) in [5.74, 6) is -0.341. The highest BCUT2D eigenvalue weighted by molar-refractivity contribution is 7.98. The zero-order chi connectivity index (χ0) is 11.5. The molecule has 0 saturated carbocycles. The fourth-order valence-corrected chi connectivity index (χ4v) is 2.52. The lowest BCUT2D eigenvalue weighted by molar-refractivity contribution is 0.143. The number of hydrogen-bond acceptors (Lipinski definition) is 3. The van der Waals surface area contributed by atoms with E-state index in [1.165, 1.54) is 11.8 Å². The summed E-state index contributed by atoms with van der Waals surface area (Å²) in [7, 11) is -0.600. The molecule has 16 heavy (non-hydrogen) atoms. The second-order valence-corrected chi connectivity index (χ2v) is 4.63. The average molecular weight is 261 g/mol. The summed E-state index contributed by atoms with van der Waals surface area (Å²) in [6.07, 6.45) is 2.64. The Hall–Kier alpha value is -0.225. The van der Waals surface area contributed by atoms with E-state index in [2.05, 4.69) is 0 Å². The first-order chi connectivity index (χ1) is 7.74. The molecule has 1 aromatic rings. The molecule has 0 atom stereocenters. The van der Waals surface area contributed by atoms with Crippen molar-refractivity contribution in [2.24, 2.45) is 0 Å². The fourth-order valence-electron chi connectivity index (χ4n) is 1.58. The van der Waals surface area contributed by atoms with E-state index in [0.29, 0.717) is 28.6 Å². The molecule has 1 fully saturated rings. The van der Waals surface area contributed by atoms with Gasteiger partial charge in [0.1, 0.15) is 5.82 Å². The van der Waals surface area contributed by atoms with Crippen molar-refractivity contribution in [2.75, 3.05) is 19.5 Å². The first-order valence-corrected chi connectivity index (χ1v) is 6.59. The molecule has 1 aliphatic heterocycles. The Balaban J connectivity index is 2.33. The van der Waals surface area contributed by atoms with E-state index in [1.807, 2.05) is 0 Å². The van der Waals surface area contributed by atoms with Crippen LogP contribution < -0.4 is 5.46 Å². The maximum Gasteiger partial charge on any atom is 0.496 e. The van der Waals surface area contributed by atoms with Gasteiger partial charge < -0.3 is 9.31 Å². The highest BCUT2D eigenvalue weighted by Gasteiger charge is 2.29. The molecule has 2 rings (SSSR count). The molecule has 1 saturated heterocycles. The third kappa shape index (κ3) is 2.37. The summed E-state index contributed by atoms with van der Waals surface area (Å²) >= 11 is 7.18. The van der Waals surface area contributed by atoms with Crippen LogP contribution in [0.3, 0.4) is 0 Å². The minimum Gasteiger partial charge on any atom is -0.407 e. The molecule has 0 radical (unpaired) electrons. The van der Waals surface area contributed by atoms with Crippen LogP contribution in [0.1, 0.15) is 6.42 Å². The van der Waals surface area contributed by atoms with Crippen LogP contribution in [0, 0.1) is 5.82 Å². The topological polar surface area (TPSA) is 18.5 Å². The van der Waals surface area contributed by atoms with Crippen molar-refractivity contribution in [3.8, 4) is 0 Å². The third-order valence-electron chi connectivity index (χ3n) is 2.36. The lowest BCUT2D eigenvalue weighted by Crippen LogP contribution is -2.42. The zero-order valence-electron chi connectivity index (χ0n) is 8.83. The largest absolute Gasteiger partial charge is 0.496 e. The molecule has 0 N–H and O–H groups in total. The molecule has 0 aliphatic carbocycles. The van der Waals surface area contributed by atoms with Crippen molar-refractivity contribution in [2.45, 2.75) is 11.3 Å². The standard InChI is InChI=1S/C10H11BClFO2S/c1-16-10-8(12)4-3-7(9(10)13)11-14-5-2-6-15-11/h3-4H,2,5-6H2,1H3. The normalized spacial score (nSPS) is 16.6. The van der Waals surface area contributed by atoms with Crippen molar-refractivity contribution >= 4 is 35.9 Å². The predicted molar refractivity (Wildman–Crippen MR) is 65.1 cm³/mol. The molecule has 0 spiro atoms. The van der Waals surface area contributed by atoms with E-state index in [9.17, 15) is 4.39 Å². The van der Waals surface area contributed by atoms with Crippen molar-refractivity contribution < 1.29 is 13.7 Å². The highest BCUT2D eigenvalue weighted by atomic mass is 35.5. The van der Waals surface area contributed by atoms with Gasteiger partial charge in [0, 0.05) is 18.7 Å². The van der Waals surface area contributed by atoms with E-state index >= 15 is 0 Å². The van der Waals surface area contributed by atoms with Crippen LogP contribution in [0.2, 0.25) is 5.02 Å². The molecule has 6 heteroatoms. The molecule has 2 nitrogen and oxygen atoms in total. The van der Waals surface area contributed by atoms with E-state index in [4.69, 9.17) is 20.9 Å². The fraction of sp³-hybridized carbons (Fsp3) is 0.400. The van der Waals surface area contributed by atoms with Gasteiger partial charge in [-0.2, -0.15) is 0 Å². The lowest BCUT2D eigenvalue weighted by atomic mass is 9.77. The summed E-state index contributed by atoms with van der Waals surface area (Å²) in [5, 5.41) is 0.421. The van der Waals surface area contributed by atoms with Crippen molar-refractivity contribution in [1.82, 2.24) is 0 Å². The van der Waals surface area contributed by atoms with Crippen molar-refractivity contribution in [3.63, 3.8) is 0 Å². The maximum absolute atomic E-state index is 14.1. The lowest BCUT2D eigenvalue weighted by Gasteiger charge is -2.21. The molecule has 1 aliphatic rings. The molecule has 86 valence electrons. The second kappa shape index (κ2) is 5.40. The van der Waals surface area contributed by atoms with Crippen LogP contribution in [0.15, 0.2) is 17.0 Å². The number of halogens is 2. The molecule has 0 aromatic heterocycles. The van der Waals surface area contributed by atoms with Crippen molar-refractivity contribution in [3.05, 3.63) is 23.0 Å². The van der Waals surface area contributed by atoms with Gasteiger partial charge in [-0.15, -0.1) is 11.8 Å². The van der Waals surface area contributed by atoms with E-state index in [-0.39, 0.29) is 5.82 Å². The molecule has 1 heterocycles. The van der Waals surface area contributed by atoms with Gasteiger partial charge in [0.25, 0.3) is 0 Å². The van der Waals surface area contributed by atoms with Gasteiger partial charge >= 0.3 is 7.12 Å². The quantitative estimate of drug-likeness (QED) is 0.601. The first kappa shape index (κ1) is 12.2. The smallest absolute Gasteiger partial charge is 0.407 e. The summed E-state index contributed by atoms with van der Waals surface area (Å²) < 4.78 is 24.8. The molecular formula is C10H11BClFO2S. The summed E-state index contributed by atoms with van der Waals surface area (Å²) in [5.41, 5.74) is 0.424. The number of thioether (sulfide) groups is 1. The van der Waals surface area contributed by atoms with Gasteiger partial charge in [-0.1, -0.05) is 17.7 Å². The number of hydrogen-bond donors (Lipinski definition) is 0. The Labute approximate surface area is 104 Å². The Morgan fingerprint density at radius 2 is 2.06 bits per heavy atom. The summed E-state index contributed by atoms with van der Waals surface area (Å²) in [6, 6.07) is 3.29. The number of benzene rings is 1. The Morgan fingerprint density at radius 1 is 1.38 bits per heavy atom. The predicted octanol–water partition coefficient (Wildman–Crippen LogP) is 2.33. The average Bonchev–Trinajstić information content (AvgIpc) is 2.31. The minimum atomic E-state index is -0.600. The molecular weight excluding hydrogens is 249 g/mol. The molecule has 0 bridgehead atoms. The van der Waals surface area contributed by atoms with E-state index < -0.39 is 7.12 Å². The summed E-state index contributed by atoms with van der Waals surface area (Å²) in [4.78, 5) is 0.442. The monoisotopic (exact) mass is 260 g/mol. The van der Waals surface area contributed by atoms with E-state index in [1.54, 1.807) is 18.4 Å². The maximum atomic E-state index is 14.1. The van der Waals surface area contributed by atoms with Gasteiger partial charge in [-0.3, -0.25) is 0 Å². The van der Waals surface area contributed by atoms with Gasteiger partial charge in [-0.25, -0.2) is 4.39 Å². The van der Waals surface area contributed by atoms with Crippen LogP contribution in [0.5, 0.6) is 0 Å². The zero-order valence-corrected chi connectivity index (χ0v) is 10.4. The molecule has 1 aromatic carbocycles. The first-order valence-electron chi connectivity index (χ1n) is 4.99. The Bertz CT molecular complexity index is 385. The van der Waals surface area contributed by atoms with Crippen LogP contribution in [-0.4, -0.2) is 26.6 Å².